The van der Waals surface area contributed by atoms with E-state index in [-0.39, 0.29) is 12.4 Å². The minimum Gasteiger partial charge on any atom is -0.494 e. The number of methoxy groups -OCH3 is 1. The molecule has 100 valence electrons. The van der Waals surface area contributed by atoms with E-state index in [1.54, 1.807) is 24.3 Å². The molecule has 2 aromatic rings. The summed E-state index contributed by atoms with van der Waals surface area (Å²) in [5, 5.41) is 19.5. The first-order chi connectivity index (χ1) is 9.24. The molecule has 1 heterocycles. The summed E-state index contributed by atoms with van der Waals surface area (Å²) >= 11 is 0. The van der Waals surface area contributed by atoms with E-state index in [1.165, 1.54) is 13.2 Å². The van der Waals surface area contributed by atoms with Crippen LogP contribution in [0.2, 0.25) is 0 Å². The van der Waals surface area contributed by atoms with Gasteiger partial charge in [-0.3, -0.25) is 0 Å². The largest absolute Gasteiger partial charge is 0.494 e. The maximum atomic E-state index is 13.6. The van der Waals surface area contributed by atoms with Crippen molar-refractivity contribution in [1.29, 1.82) is 0 Å². The number of anilines is 1. The second-order valence-electron chi connectivity index (χ2n) is 3.80. The van der Waals surface area contributed by atoms with Crippen LogP contribution >= 0.6 is 0 Å². The van der Waals surface area contributed by atoms with E-state index in [2.05, 4.69) is 15.5 Å². The summed E-state index contributed by atoms with van der Waals surface area (Å²) in [6.07, 6.45) is 0. The lowest BCUT2D eigenvalue weighted by atomic mass is 10.1. The van der Waals surface area contributed by atoms with E-state index >= 15 is 0 Å². The Morgan fingerprint density at radius 3 is 2.68 bits per heavy atom. The van der Waals surface area contributed by atoms with Gasteiger partial charge in [0.05, 0.1) is 19.4 Å². The Bertz CT molecular complexity index is 546. The van der Waals surface area contributed by atoms with Crippen molar-refractivity contribution >= 4 is 5.82 Å². The number of aromatic nitrogens is 2. The van der Waals surface area contributed by atoms with E-state index in [4.69, 9.17) is 9.84 Å². The molecule has 0 atom stereocenters. The normalized spacial score (nSPS) is 10.3. The third-order valence-corrected chi connectivity index (χ3v) is 2.53. The number of aliphatic hydroxyl groups is 1. The van der Waals surface area contributed by atoms with E-state index in [1.807, 2.05) is 0 Å². The Labute approximate surface area is 110 Å². The van der Waals surface area contributed by atoms with Crippen molar-refractivity contribution in [2.75, 3.05) is 25.6 Å². The number of rotatable bonds is 5. The summed E-state index contributed by atoms with van der Waals surface area (Å²) in [4.78, 5) is 0. The molecule has 0 amide bonds. The molecular weight excluding hydrogens is 249 g/mol. The summed E-state index contributed by atoms with van der Waals surface area (Å²) in [6, 6.07) is 8.06. The molecule has 5 nitrogen and oxygen atoms in total. The molecule has 1 aromatic heterocycles. The number of hydrogen-bond acceptors (Lipinski definition) is 5. The maximum absolute atomic E-state index is 13.6. The first kappa shape index (κ1) is 13.2. The first-order valence-electron chi connectivity index (χ1n) is 5.77. The van der Waals surface area contributed by atoms with Crippen LogP contribution in [0.25, 0.3) is 11.3 Å². The number of ether oxygens (including phenoxy) is 1. The lowest BCUT2D eigenvalue weighted by Crippen LogP contribution is -2.07. The zero-order valence-electron chi connectivity index (χ0n) is 10.4. The van der Waals surface area contributed by atoms with E-state index in [0.29, 0.717) is 23.6 Å². The number of nitrogens with zero attached hydrogens (tertiary/aromatic N) is 2. The zero-order chi connectivity index (χ0) is 13.7. The summed E-state index contributed by atoms with van der Waals surface area (Å²) in [5.41, 5.74) is 1.19. The molecule has 0 aliphatic carbocycles. The summed E-state index contributed by atoms with van der Waals surface area (Å²) in [6.45, 7) is 0.429. The van der Waals surface area contributed by atoms with Gasteiger partial charge < -0.3 is 15.2 Å². The van der Waals surface area contributed by atoms with Crippen LogP contribution in [0.4, 0.5) is 10.2 Å². The molecule has 2 N–H and O–H groups in total. The van der Waals surface area contributed by atoms with Gasteiger partial charge >= 0.3 is 0 Å². The molecule has 19 heavy (non-hydrogen) atoms. The van der Waals surface area contributed by atoms with Gasteiger partial charge in [0, 0.05) is 12.1 Å². The van der Waals surface area contributed by atoms with E-state index < -0.39 is 5.82 Å². The fraction of sp³-hybridized carbons (Fsp3) is 0.231. The van der Waals surface area contributed by atoms with Crippen molar-refractivity contribution in [1.82, 2.24) is 10.2 Å². The average molecular weight is 263 g/mol. The highest BCUT2D eigenvalue weighted by molar-refractivity contribution is 5.60. The second kappa shape index (κ2) is 6.10. The lowest BCUT2D eigenvalue weighted by molar-refractivity contribution is 0.311. The highest BCUT2D eigenvalue weighted by Gasteiger charge is 2.06. The van der Waals surface area contributed by atoms with Crippen molar-refractivity contribution in [2.24, 2.45) is 0 Å². The molecule has 0 saturated carbocycles. The van der Waals surface area contributed by atoms with Crippen LogP contribution < -0.4 is 10.1 Å². The van der Waals surface area contributed by atoms with Crippen molar-refractivity contribution in [3.05, 3.63) is 36.1 Å². The average Bonchev–Trinajstić information content (AvgIpc) is 2.45. The summed E-state index contributed by atoms with van der Waals surface area (Å²) in [5.74, 6) is 0.314. The molecule has 0 radical (unpaired) electrons. The molecule has 0 aliphatic heterocycles. The van der Waals surface area contributed by atoms with Gasteiger partial charge in [0.1, 0.15) is 5.82 Å². The van der Waals surface area contributed by atoms with Crippen LogP contribution in [0.15, 0.2) is 30.3 Å². The Hall–Kier alpha value is -2.21. The lowest BCUT2D eigenvalue weighted by Gasteiger charge is -2.06. The van der Waals surface area contributed by atoms with Crippen LogP contribution in [-0.2, 0) is 0 Å². The summed E-state index contributed by atoms with van der Waals surface area (Å²) in [7, 11) is 1.42. The molecule has 0 aliphatic rings. The molecule has 0 saturated heterocycles. The molecule has 0 unspecified atom stereocenters. The molecular formula is C13H14FN3O2. The number of hydrogen-bond donors (Lipinski definition) is 2. The molecule has 2 rings (SSSR count). The third kappa shape index (κ3) is 3.17. The van der Waals surface area contributed by atoms with Crippen molar-refractivity contribution in [2.45, 2.75) is 0 Å². The van der Waals surface area contributed by atoms with Crippen LogP contribution in [-0.4, -0.2) is 35.6 Å². The highest BCUT2D eigenvalue weighted by Crippen LogP contribution is 2.24. The third-order valence-electron chi connectivity index (χ3n) is 2.53. The van der Waals surface area contributed by atoms with Gasteiger partial charge in [-0.15, -0.1) is 10.2 Å². The van der Waals surface area contributed by atoms with E-state index in [9.17, 15) is 4.39 Å². The van der Waals surface area contributed by atoms with Gasteiger partial charge in [-0.1, -0.05) is 0 Å². The van der Waals surface area contributed by atoms with Crippen molar-refractivity contribution < 1.29 is 14.2 Å². The number of aliphatic hydroxyl groups excluding tert-OH is 1. The van der Waals surface area contributed by atoms with Gasteiger partial charge in [0.15, 0.2) is 11.6 Å². The molecule has 0 fully saturated rings. The molecule has 0 spiro atoms. The van der Waals surface area contributed by atoms with Gasteiger partial charge in [0.25, 0.3) is 0 Å². The standard InChI is InChI=1S/C13H14FN3O2/c1-19-12-4-2-9(8-10(12)14)11-3-5-13(17-16-11)15-6-7-18/h2-5,8,18H,6-7H2,1H3,(H,15,17). The maximum Gasteiger partial charge on any atom is 0.165 e. The quantitative estimate of drug-likeness (QED) is 0.859. The topological polar surface area (TPSA) is 67.3 Å². The molecule has 6 heteroatoms. The van der Waals surface area contributed by atoms with Crippen molar-refractivity contribution in [3.8, 4) is 17.0 Å². The van der Waals surface area contributed by atoms with Gasteiger partial charge in [0.2, 0.25) is 0 Å². The van der Waals surface area contributed by atoms with Crippen LogP contribution in [0.3, 0.4) is 0 Å². The monoisotopic (exact) mass is 263 g/mol. The van der Waals surface area contributed by atoms with Crippen LogP contribution in [0, 0.1) is 5.82 Å². The number of halogens is 1. The van der Waals surface area contributed by atoms with Crippen molar-refractivity contribution in [3.63, 3.8) is 0 Å². The molecule has 1 aromatic carbocycles. The minimum atomic E-state index is -0.440. The Balaban J connectivity index is 2.19. The van der Waals surface area contributed by atoms with Crippen LogP contribution in [0.5, 0.6) is 5.75 Å². The van der Waals surface area contributed by atoms with Gasteiger partial charge in [-0.05, 0) is 30.3 Å². The smallest absolute Gasteiger partial charge is 0.165 e. The first-order valence-corrected chi connectivity index (χ1v) is 5.77. The highest BCUT2D eigenvalue weighted by atomic mass is 19.1. The van der Waals surface area contributed by atoms with Gasteiger partial charge in [-0.25, -0.2) is 4.39 Å². The fourth-order valence-corrected chi connectivity index (χ4v) is 1.59. The second-order valence-corrected chi connectivity index (χ2v) is 3.80. The fourth-order valence-electron chi connectivity index (χ4n) is 1.59. The van der Waals surface area contributed by atoms with Gasteiger partial charge in [-0.2, -0.15) is 0 Å². The molecule has 0 bridgehead atoms. The summed E-state index contributed by atoms with van der Waals surface area (Å²) < 4.78 is 18.4. The van der Waals surface area contributed by atoms with Crippen LogP contribution in [0.1, 0.15) is 0 Å². The Kier molecular flexibility index (Phi) is 4.25. The SMILES string of the molecule is COc1ccc(-c2ccc(NCCO)nn2)cc1F. The number of benzene rings is 1. The predicted octanol–water partition coefficient (Wildman–Crippen LogP) is 1.70. The zero-order valence-corrected chi connectivity index (χ0v) is 10.4. The Morgan fingerprint density at radius 2 is 2.11 bits per heavy atom. The predicted molar refractivity (Wildman–Crippen MR) is 69.6 cm³/mol. The number of nitrogens with one attached hydrogen (secondary N) is 1. The minimum absolute atomic E-state index is 0.0210. The van der Waals surface area contributed by atoms with E-state index in [0.717, 1.165) is 0 Å². The Morgan fingerprint density at radius 1 is 1.26 bits per heavy atom.